The molecule has 2 N–H and O–H groups in total. The van der Waals surface area contributed by atoms with Crippen LogP contribution in [0.3, 0.4) is 0 Å². The fourth-order valence-corrected chi connectivity index (χ4v) is 4.78. The van der Waals surface area contributed by atoms with Crippen molar-refractivity contribution in [2.45, 2.75) is 32.4 Å². The summed E-state index contributed by atoms with van der Waals surface area (Å²) in [5, 5.41) is 3.34. The molecule has 3 unspecified atom stereocenters. The van der Waals surface area contributed by atoms with Gasteiger partial charge in [0.1, 0.15) is 5.01 Å². The van der Waals surface area contributed by atoms with Gasteiger partial charge in [0, 0.05) is 36.6 Å². The number of fused-ring (bicyclic) bond motifs is 1. The quantitative estimate of drug-likeness (QED) is 0.945. The van der Waals surface area contributed by atoms with Crippen LogP contribution >= 0.6 is 11.3 Å². The standard InChI is InChI=1S/C18H23N3S/c1-12-2-4-13(5-3-12)18-20-15(11-22-18)9-21-8-14-6-7-17(19)16(14)10-21/h2-5,11,14,16-17H,6-10,19H2,1H3. The Morgan fingerprint density at radius 3 is 2.82 bits per heavy atom. The van der Waals surface area contributed by atoms with Gasteiger partial charge in [-0.15, -0.1) is 11.3 Å². The van der Waals surface area contributed by atoms with Gasteiger partial charge in [0.2, 0.25) is 0 Å². The minimum atomic E-state index is 0.425. The summed E-state index contributed by atoms with van der Waals surface area (Å²) in [4.78, 5) is 7.38. The summed E-state index contributed by atoms with van der Waals surface area (Å²) >= 11 is 1.75. The molecule has 4 rings (SSSR count). The van der Waals surface area contributed by atoms with E-state index in [1.165, 1.54) is 36.2 Å². The third kappa shape index (κ3) is 2.71. The Labute approximate surface area is 136 Å². The fraction of sp³-hybridized carbons (Fsp3) is 0.500. The number of aromatic nitrogens is 1. The Hall–Kier alpha value is -1.23. The van der Waals surface area contributed by atoms with Crippen molar-refractivity contribution in [3.8, 4) is 10.6 Å². The van der Waals surface area contributed by atoms with Crippen LogP contribution < -0.4 is 5.73 Å². The predicted octanol–water partition coefficient (Wildman–Crippen LogP) is 3.29. The SMILES string of the molecule is Cc1ccc(-c2nc(CN3CC4CCC(N)C4C3)cs2)cc1. The molecular formula is C18H23N3S. The van der Waals surface area contributed by atoms with Crippen molar-refractivity contribution < 1.29 is 0 Å². The van der Waals surface area contributed by atoms with E-state index in [-0.39, 0.29) is 0 Å². The number of benzene rings is 1. The van der Waals surface area contributed by atoms with Gasteiger partial charge in [0.05, 0.1) is 5.69 Å². The minimum absolute atomic E-state index is 0.425. The molecule has 0 radical (unpaired) electrons. The van der Waals surface area contributed by atoms with Crippen molar-refractivity contribution in [2.24, 2.45) is 17.6 Å². The van der Waals surface area contributed by atoms with Crippen LogP contribution in [0.4, 0.5) is 0 Å². The lowest BCUT2D eigenvalue weighted by atomic mass is 9.98. The largest absolute Gasteiger partial charge is 0.327 e. The van der Waals surface area contributed by atoms with Gasteiger partial charge in [-0.3, -0.25) is 4.90 Å². The molecule has 1 aromatic carbocycles. The lowest BCUT2D eigenvalue weighted by molar-refractivity contribution is 0.295. The summed E-state index contributed by atoms with van der Waals surface area (Å²) in [7, 11) is 0. The lowest BCUT2D eigenvalue weighted by Gasteiger charge is -2.17. The molecule has 0 amide bonds. The van der Waals surface area contributed by atoms with Gasteiger partial charge in [-0.25, -0.2) is 4.98 Å². The summed E-state index contributed by atoms with van der Waals surface area (Å²) < 4.78 is 0. The molecule has 2 heterocycles. The first kappa shape index (κ1) is 14.4. The Morgan fingerprint density at radius 2 is 2.05 bits per heavy atom. The number of hydrogen-bond donors (Lipinski definition) is 1. The molecule has 1 aliphatic heterocycles. The zero-order valence-electron chi connectivity index (χ0n) is 13.0. The summed E-state index contributed by atoms with van der Waals surface area (Å²) in [6.45, 7) is 5.45. The molecular weight excluding hydrogens is 290 g/mol. The third-order valence-corrected chi connectivity index (χ3v) is 6.16. The van der Waals surface area contributed by atoms with Gasteiger partial charge in [0.25, 0.3) is 0 Å². The van der Waals surface area contributed by atoms with E-state index in [4.69, 9.17) is 10.7 Å². The monoisotopic (exact) mass is 313 g/mol. The molecule has 1 aromatic heterocycles. The van der Waals surface area contributed by atoms with Crippen LogP contribution in [0.5, 0.6) is 0 Å². The second-order valence-corrected chi connectivity index (χ2v) is 7.73. The Kier molecular flexibility index (Phi) is 3.76. The highest BCUT2D eigenvalue weighted by molar-refractivity contribution is 7.13. The molecule has 1 saturated heterocycles. The van der Waals surface area contributed by atoms with Crippen LogP contribution in [-0.4, -0.2) is 29.0 Å². The molecule has 22 heavy (non-hydrogen) atoms. The van der Waals surface area contributed by atoms with E-state index in [1.807, 2.05) is 0 Å². The minimum Gasteiger partial charge on any atom is -0.327 e. The van der Waals surface area contributed by atoms with Crippen LogP contribution in [0.2, 0.25) is 0 Å². The first-order valence-electron chi connectivity index (χ1n) is 8.18. The Balaban J connectivity index is 1.43. The number of aryl methyl sites for hydroxylation is 1. The number of hydrogen-bond acceptors (Lipinski definition) is 4. The average Bonchev–Trinajstić information content (AvgIpc) is 3.19. The van der Waals surface area contributed by atoms with Gasteiger partial charge in [-0.2, -0.15) is 0 Å². The molecule has 2 aliphatic rings. The second kappa shape index (κ2) is 5.76. The van der Waals surface area contributed by atoms with E-state index in [9.17, 15) is 0 Å². The summed E-state index contributed by atoms with van der Waals surface area (Å²) in [5.41, 5.74) is 9.95. The van der Waals surface area contributed by atoms with Crippen molar-refractivity contribution in [1.82, 2.24) is 9.88 Å². The van der Waals surface area contributed by atoms with Gasteiger partial charge in [-0.1, -0.05) is 29.8 Å². The highest BCUT2D eigenvalue weighted by atomic mass is 32.1. The number of nitrogens with two attached hydrogens (primary N) is 1. The molecule has 0 bridgehead atoms. The van der Waals surface area contributed by atoms with Gasteiger partial charge >= 0.3 is 0 Å². The first-order valence-corrected chi connectivity index (χ1v) is 9.06. The molecule has 4 heteroatoms. The molecule has 2 fully saturated rings. The highest BCUT2D eigenvalue weighted by Gasteiger charge is 2.40. The zero-order valence-corrected chi connectivity index (χ0v) is 13.9. The molecule has 1 saturated carbocycles. The summed E-state index contributed by atoms with van der Waals surface area (Å²) in [5.74, 6) is 1.54. The number of rotatable bonds is 3. The van der Waals surface area contributed by atoms with Gasteiger partial charge in [0.15, 0.2) is 0 Å². The van der Waals surface area contributed by atoms with Crippen molar-refractivity contribution in [1.29, 1.82) is 0 Å². The van der Waals surface area contributed by atoms with E-state index in [1.54, 1.807) is 11.3 Å². The van der Waals surface area contributed by atoms with Crippen LogP contribution in [0.1, 0.15) is 24.1 Å². The van der Waals surface area contributed by atoms with Crippen LogP contribution in [0.25, 0.3) is 10.6 Å². The number of nitrogens with zero attached hydrogens (tertiary/aromatic N) is 2. The Morgan fingerprint density at radius 1 is 1.23 bits per heavy atom. The van der Waals surface area contributed by atoms with Crippen molar-refractivity contribution >= 4 is 11.3 Å². The smallest absolute Gasteiger partial charge is 0.123 e. The average molecular weight is 313 g/mol. The maximum Gasteiger partial charge on any atom is 0.123 e. The van der Waals surface area contributed by atoms with Gasteiger partial charge < -0.3 is 5.73 Å². The van der Waals surface area contributed by atoms with E-state index in [2.05, 4.69) is 41.5 Å². The normalized spacial score (nSPS) is 28.2. The van der Waals surface area contributed by atoms with Crippen LogP contribution in [0, 0.1) is 18.8 Å². The summed E-state index contributed by atoms with van der Waals surface area (Å²) in [6.07, 6.45) is 2.53. The molecule has 2 aromatic rings. The molecule has 3 atom stereocenters. The summed E-state index contributed by atoms with van der Waals surface area (Å²) in [6, 6.07) is 9.06. The lowest BCUT2D eigenvalue weighted by Crippen LogP contribution is -2.30. The van der Waals surface area contributed by atoms with Crippen molar-refractivity contribution in [2.75, 3.05) is 13.1 Å². The van der Waals surface area contributed by atoms with E-state index in [0.29, 0.717) is 6.04 Å². The number of thiazole rings is 1. The first-order chi connectivity index (χ1) is 10.7. The molecule has 3 nitrogen and oxygen atoms in total. The third-order valence-electron chi connectivity index (χ3n) is 5.22. The van der Waals surface area contributed by atoms with E-state index >= 15 is 0 Å². The van der Waals surface area contributed by atoms with Gasteiger partial charge in [-0.05, 0) is 31.6 Å². The molecule has 1 aliphatic carbocycles. The second-order valence-electron chi connectivity index (χ2n) is 6.87. The maximum atomic E-state index is 6.23. The predicted molar refractivity (Wildman–Crippen MR) is 91.8 cm³/mol. The van der Waals surface area contributed by atoms with Crippen molar-refractivity contribution in [3.63, 3.8) is 0 Å². The topological polar surface area (TPSA) is 42.2 Å². The Bertz CT molecular complexity index is 649. The van der Waals surface area contributed by atoms with E-state index < -0.39 is 0 Å². The molecule has 0 spiro atoms. The maximum absolute atomic E-state index is 6.23. The van der Waals surface area contributed by atoms with Crippen molar-refractivity contribution in [3.05, 3.63) is 40.9 Å². The van der Waals surface area contributed by atoms with Crippen LogP contribution in [0.15, 0.2) is 29.6 Å². The number of likely N-dealkylation sites (tertiary alicyclic amines) is 1. The molecule has 116 valence electrons. The highest BCUT2D eigenvalue weighted by Crippen LogP contribution is 2.37. The van der Waals surface area contributed by atoms with Crippen LogP contribution in [-0.2, 0) is 6.54 Å². The zero-order chi connectivity index (χ0) is 15.1. The van der Waals surface area contributed by atoms with E-state index in [0.717, 1.165) is 29.9 Å². The fourth-order valence-electron chi connectivity index (χ4n) is 3.97.